The van der Waals surface area contributed by atoms with Gasteiger partial charge >= 0.3 is 68.9 Å². The van der Waals surface area contributed by atoms with Gasteiger partial charge in [-0.15, -0.1) is 5.92 Å². The largest absolute Gasteiger partial charge is 1.00 e. The van der Waals surface area contributed by atoms with Crippen LogP contribution in [0.4, 0.5) is 0 Å². The van der Waals surface area contributed by atoms with Crippen LogP contribution in [0.1, 0.15) is 13.3 Å². The van der Waals surface area contributed by atoms with Crippen molar-refractivity contribution in [1.29, 1.82) is 0 Å². The number of hydrogen-bond acceptors (Lipinski definition) is 6. The van der Waals surface area contributed by atoms with Gasteiger partial charge in [0.2, 0.25) is 0 Å². The van der Waals surface area contributed by atoms with Crippen LogP contribution in [-0.2, 0) is 14.2 Å². The van der Waals surface area contributed by atoms with E-state index in [2.05, 4.69) is 6.92 Å². The van der Waals surface area contributed by atoms with Crippen molar-refractivity contribution in [2.45, 2.75) is 23.7 Å². The molecule has 5 nitrogen and oxygen atoms in total. The minimum atomic E-state index is 0. The first-order valence-electron chi connectivity index (χ1n) is 7.75. The van der Waals surface area contributed by atoms with Gasteiger partial charge in [-0.1, -0.05) is 18.7 Å². The summed E-state index contributed by atoms with van der Waals surface area (Å²) < 4.78 is 27.1. The summed E-state index contributed by atoms with van der Waals surface area (Å²) in [5.74, 6) is 2.04. The summed E-state index contributed by atoms with van der Waals surface area (Å²) in [5, 5.41) is 0. The molecule has 0 N–H and O–H groups in total. The third-order valence-electron chi connectivity index (χ3n) is 3.26. The molecule has 0 aliphatic carbocycles. The molecule has 130 valence electrons. The molecule has 1 aromatic carbocycles. The van der Waals surface area contributed by atoms with E-state index in [4.69, 9.17) is 23.7 Å². The number of ether oxygens (including phenoxy) is 5. The van der Waals surface area contributed by atoms with E-state index in [-0.39, 0.29) is 74.3 Å². The van der Waals surface area contributed by atoms with Gasteiger partial charge in [0.25, 0.3) is 0 Å². The average molecular weight is 474 g/mol. The van der Waals surface area contributed by atoms with E-state index in [1.807, 2.05) is 24.8 Å². The van der Waals surface area contributed by atoms with Crippen molar-refractivity contribution in [3.63, 3.8) is 0 Å². The maximum atomic E-state index is 5.72. The van der Waals surface area contributed by atoms with E-state index in [0.29, 0.717) is 32.3 Å². The molecule has 1 unspecified atom stereocenters. The molecule has 1 heterocycles. The summed E-state index contributed by atoms with van der Waals surface area (Å²) in [6.45, 7) is 6.18. The molecule has 2 rings (SSSR count). The first-order valence-corrected chi connectivity index (χ1v) is 8.63. The Bertz CT molecular complexity index is 446. The van der Waals surface area contributed by atoms with Crippen molar-refractivity contribution in [3.05, 3.63) is 24.8 Å². The van der Waals surface area contributed by atoms with Crippen LogP contribution in [0.3, 0.4) is 0 Å². The van der Waals surface area contributed by atoms with Gasteiger partial charge < -0.3 is 23.7 Å². The molecule has 0 bridgehead atoms. The van der Waals surface area contributed by atoms with Crippen LogP contribution in [0.2, 0.25) is 0 Å². The monoisotopic (exact) mass is 474 g/mol. The van der Waals surface area contributed by atoms with E-state index in [9.17, 15) is 0 Å². The molecule has 0 aromatic heterocycles. The minimum absolute atomic E-state index is 0. The van der Waals surface area contributed by atoms with Crippen molar-refractivity contribution in [2.24, 2.45) is 5.92 Å². The van der Waals surface area contributed by atoms with Gasteiger partial charge in [0.05, 0.1) is 18.6 Å². The zero-order valence-corrected chi connectivity index (χ0v) is 22.0. The number of hydrogen-bond donors (Lipinski definition) is 0. The summed E-state index contributed by atoms with van der Waals surface area (Å²) in [6, 6.07) is 5.91. The van der Waals surface area contributed by atoms with E-state index in [1.54, 1.807) is 26.0 Å². The minimum Gasteiger partial charge on any atom is -0.542 e. The second-order valence-corrected chi connectivity index (χ2v) is 6.59. The van der Waals surface area contributed by atoms with Crippen molar-refractivity contribution in [2.75, 3.05) is 40.6 Å². The molecule has 0 spiro atoms. The van der Waals surface area contributed by atoms with Gasteiger partial charge in [0.1, 0.15) is 24.7 Å². The third kappa shape index (κ3) is 8.66. The van der Waals surface area contributed by atoms with Crippen LogP contribution in [-0.4, -0.2) is 46.1 Å². The predicted molar refractivity (Wildman–Crippen MR) is 90.0 cm³/mol. The van der Waals surface area contributed by atoms with Crippen LogP contribution in [0, 0.1) is 12.5 Å². The van der Waals surface area contributed by atoms with Crippen LogP contribution in [0.15, 0.2) is 23.1 Å². The zero-order valence-electron chi connectivity index (χ0n) is 14.9. The molecular weight excluding hydrogens is 449 g/mol. The Balaban J connectivity index is 0.00000288. The molecule has 2 atom stereocenters. The standard InChI is InChI=1S/C17H25O5S.Cs/c1-13-8-17(22-12-13)23-16-10-14(20-6-4-18-2)9-15(11-16)21-7-5-19-3;/h9-13,17H,4-8H2,1-3H3;/q-1;+1/t13-,17?;/m1./s1. The Morgan fingerprint density at radius 1 is 1.04 bits per heavy atom. The summed E-state index contributed by atoms with van der Waals surface area (Å²) in [4.78, 5) is 1.07. The molecule has 1 aliphatic rings. The first-order chi connectivity index (χ1) is 11.2. The molecular formula is C17H25CsO5S. The van der Waals surface area contributed by atoms with E-state index in [1.165, 1.54) is 0 Å². The van der Waals surface area contributed by atoms with Crippen LogP contribution in [0.25, 0.3) is 0 Å². The van der Waals surface area contributed by atoms with Crippen LogP contribution >= 0.6 is 11.8 Å². The Morgan fingerprint density at radius 3 is 2.08 bits per heavy atom. The smallest absolute Gasteiger partial charge is 0.542 e. The number of rotatable bonds is 10. The maximum absolute atomic E-state index is 5.72. The molecule has 0 amide bonds. The Morgan fingerprint density at radius 2 is 1.62 bits per heavy atom. The number of methoxy groups -OCH3 is 2. The number of benzene rings is 1. The normalized spacial score (nSPS) is 19.8. The first kappa shape index (κ1) is 23.1. The fraction of sp³-hybridized carbons (Fsp3) is 0.588. The van der Waals surface area contributed by atoms with Crippen molar-refractivity contribution < 1.29 is 92.6 Å². The van der Waals surface area contributed by atoms with E-state index < -0.39 is 0 Å². The van der Waals surface area contributed by atoms with Gasteiger partial charge in [-0.25, -0.2) is 6.61 Å². The van der Waals surface area contributed by atoms with Crippen molar-refractivity contribution >= 4 is 11.8 Å². The van der Waals surface area contributed by atoms with Gasteiger partial charge in [0.15, 0.2) is 0 Å². The second-order valence-electron chi connectivity index (χ2n) is 5.36. The number of thioether (sulfide) groups is 1. The van der Waals surface area contributed by atoms with Gasteiger partial charge in [-0.05, 0) is 18.6 Å². The topological polar surface area (TPSA) is 46.2 Å². The molecule has 7 heteroatoms. The second kappa shape index (κ2) is 13.3. The van der Waals surface area contributed by atoms with Gasteiger partial charge in [0, 0.05) is 25.2 Å². The van der Waals surface area contributed by atoms with Gasteiger partial charge in [-0.2, -0.15) is 0 Å². The zero-order chi connectivity index (χ0) is 16.5. The fourth-order valence-corrected chi connectivity index (χ4v) is 3.32. The van der Waals surface area contributed by atoms with Crippen molar-refractivity contribution in [3.8, 4) is 11.5 Å². The van der Waals surface area contributed by atoms with E-state index >= 15 is 0 Å². The van der Waals surface area contributed by atoms with Crippen LogP contribution < -0.4 is 78.4 Å². The summed E-state index contributed by atoms with van der Waals surface area (Å²) >= 11 is 1.69. The van der Waals surface area contributed by atoms with E-state index in [0.717, 1.165) is 22.8 Å². The molecule has 1 aliphatic heterocycles. The third-order valence-corrected chi connectivity index (χ3v) is 4.33. The van der Waals surface area contributed by atoms with Crippen molar-refractivity contribution in [1.82, 2.24) is 0 Å². The Labute approximate surface area is 207 Å². The molecule has 1 fully saturated rings. The van der Waals surface area contributed by atoms with Crippen LogP contribution in [0.5, 0.6) is 11.5 Å². The Kier molecular flexibility index (Phi) is 12.8. The predicted octanol–water partition coefficient (Wildman–Crippen LogP) is 0.377. The molecule has 1 aromatic rings. The molecule has 0 saturated carbocycles. The summed E-state index contributed by atoms with van der Waals surface area (Å²) in [6.07, 6.45) is 1.01. The SMILES string of the molecule is COCCOc1cc(OCCOC)cc(SC2C[C@@H](C)[CH-]O2)c1.[Cs+]. The fourth-order valence-electron chi connectivity index (χ4n) is 2.13. The molecule has 24 heavy (non-hydrogen) atoms. The maximum Gasteiger partial charge on any atom is 1.00 e. The average Bonchev–Trinajstić information content (AvgIpc) is 2.93. The summed E-state index contributed by atoms with van der Waals surface area (Å²) in [5.41, 5.74) is 0.144. The van der Waals surface area contributed by atoms with Gasteiger partial charge in [-0.3, -0.25) is 0 Å². The molecule has 0 radical (unpaired) electrons. The quantitative estimate of drug-likeness (QED) is 0.361. The Hall–Kier alpha value is 1.10. The molecule has 1 saturated heterocycles. The summed E-state index contributed by atoms with van der Waals surface area (Å²) in [7, 11) is 3.31.